The smallest absolute Gasteiger partial charge is 0.250 e. The summed E-state index contributed by atoms with van der Waals surface area (Å²) in [6, 6.07) is 11.7. The van der Waals surface area contributed by atoms with Crippen LogP contribution < -0.4 is 5.73 Å². The van der Waals surface area contributed by atoms with E-state index in [0.717, 1.165) is 5.56 Å². The second-order valence-corrected chi connectivity index (χ2v) is 5.73. The molecule has 0 radical (unpaired) electrons. The van der Waals surface area contributed by atoms with E-state index in [4.69, 9.17) is 11.0 Å². The van der Waals surface area contributed by atoms with E-state index < -0.39 is 11.7 Å². The molecule has 0 unspecified atom stereocenters. The first-order chi connectivity index (χ1) is 12.5. The van der Waals surface area contributed by atoms with E-state index in [9.17, 15) is 14.0 Å². The van der Waals surface area contributed by atoms with Crippen molar-refractivity contribution < 1.29 is 14.0 Å². The Labute approximate surface area is 148 Å². The van der Waals surface area contributed by atoms with Gasteiger partial charge >= 0.3 is 0 Å². The molecule has 6 heteroatoms. The molecule has 0 aliphatic carbocycles. The molecule has 0 aliphatic heterocycles. The lowest BCUT2D eigenvalue weighted by atomic mass is 10.1. The number of aldehydes is 1. The summed E-state index contributed by atoms with van der Waals surface area (Å²) < 4.78 is 15.7. The number of amides is 1. The van der Waals surface area contributed by atoms with Crippen LogP contribution >= 0.6 is 0 Å². The number of hydrogen-bond donors (Lipinski definition) is 1. The molecule has 1 amide bonds. The highest BCUT2D eigenvalue weighted by atomic mass is 19.1. The van der Waals surface area contributed by atoms with Crippen molar-refractivity contribution in [1.29, 1.82) is 5.26 Å². The number of fused-ring (bicyclic) bond motifs is 1. The number of primary amides is 1. The molecular weight excluding hydrogens is 333 g/mol. The lowest BCUT2D eigenvalue weighted by molar-refractivity contribution is -0.104. The standard InChI is InChI=1S/C20H14FN3O2/c21-16-8-15(5-2-6-25)19-17(9-16)18(20(23)26)12-24(19)11-14-4-1-3-13(7-14)10-22/h1-9,12H,11H2,(H2,23,26)/b5-2+. The van der Waals surface area contributed by atoms with Crippen molar-refractivity contribution in [3.63, 3.8) is 0 Å². The fraction of sp³-hybridized carbons (Fsp3) is 0.0500. The van der Waals surface area contributed by atoms with Crippen molar-refractivity contribution in [2.75, 3.05) is 0 Å². The number of nitriles is 1. The number of aromatic nitrogens is 1. The Morgan fingerprint density at radius 1 is 1.31 bits per heavy atom. The van der Waals surface area contributed by atoms with Crippen LogP contribution in [0.5, 0.6) is 0 Å². The number of carbonyl (C=O) groups excluding carboxylic acids is 2. The zero-order valence-corrected chi connectivity index (χ0v) is 13.6. The van der Waals surface area contributed by atoms with Gasteiger partial charge in [-0.05, 0) is 42.0 Å². The maximum absolute atomic E-state index is 14.0. The number of halogens is 1. The molecule has 2 N–H and O–H groups in total. The predicted octanol–water partition coefficient (Wildman–Crippen LogP) is 3.01. The summed E-state index contributed by atoms with van der Waals surface area (Å²) in [5, 5.41) is 9.42. The summed E-state index contributed by atoms with van der Waals surface area (Å²) in [5.41, 5.74) is 8.02. The van der Waals surface area contributed by atoms with Crippen LogP contribution in [0, 0.1) is 17.1 Å². The van der Waals surface area contributed by atoms with Gasteiger partial charge in [-0.1, -0.05) is 12.1 Å². The number of carbonyl (C=O) groups is 2. The molecule has 0 atom stereocenters. The normalized spacial score (nSPS) is 10.9. The molecule has 1 heterocycles. The number of nitrogens with zero attached hydrogens (tertiary/aromatic N) is 2. The van der Waals surface area contributed by atoms with E-state index in [2.05, 4.69) is 6.07 Å². The Kier molecular flexibility index (Phi) is 4.63. The van der Waals surface area contributed by atoms with E-state index in [1.807, 2.05) is 6.07 Å². The first kappa shape index (κ1) is 17.1. The van der Waals surface area contributed by atoms with Crippen LogP contribution in [0.25, 0.3) is 17.0 Å². The molecule has 3 aromatic rings. The van der Waals surface area contributed by atoms with Gasteiger partial charge in [0.25, 0.3) is 5.91 Å². The monoisotopic (exact) mass is 347 g/mol. The van der Waals surface area contributed by atoms with Crippen molar-refractivity contribution in [2.45, 2.75) is 6.54 Å². The Bertz CT molecular complexity index is 1090. The highest BCUT2D eigenvalue weighted by Crippen LogP contribution is 2.28. The van der Waals surface area contributed by atoms with Gasteiger partial charge in [-0.3, -0.25) is 9.59 Å². The van der Waals surface area contributed by atoms with Crippen LogP contribution in [0.4, 0.5) is 4.39 Å². The van der Waals surface area contributed by atoms with Gasteiger partial charge in [-0.25, -0.2) is 4.39 Å². The Hall–Kier alpha value is -3.72. The van der Waals surface area contributed by atoms with Gasteiger partial charge in [0, 0.05) is 23.7 Å². The number of nitrogens with two attached hydrogens (primary N) is 1. The average Bonchev–Trinajstić information content (AvgIpc) is 2.98. The first-order valence-corrected chi connectivity index (χ1v) is 7.76. The minimum atomic E-state index is -0.671. The summed E-state index contributed by atoms with van der Waals surface area (Å²) in [5.74, 6) is -1.20. The quantitative estimate of drug-likeness (QED) is 0.568. The van der Waals surface area contributed by atoms with Crippen LogP contribution in [-0.2, 0) is 11.3 Å². The molecule has 128 valence electrons. The Balaban J connectivity index is 2.23. The third-order valence-corrected chi connectivity index (χ3v) is 4.00. The molecular formula is C20H14FN3O2. The van der Waals surface area contributed by atoms with Crippen LogP contribution in [0.2, 0.25) is 0 Å². The lowest BCUT2D eigenvalue weighted by Gasteiger charge is -2.08. The lowest BCUT2D eigenvalue weighted by Crippen LogP contribution is -2.10. The largest absolute Gasteiger partial charge is 0.366 e. The fourth-order valence-corrected chi connectivity index (χ4v) is 2.96. The van der Waals surface area contributed by atoms with Crippen LogP contribution in [-0.4, -0.2) is 16.8 Å². The molecule has 0 spiro atoms. The SMILES string of the molecule is N#Cc1cccc(Cn2cc(C(N)=O)c3cc(F)cc(/C=C/C=O)c32)c1. The first-order valence-electron chi connectivity index (χ1n) is 7.76. The Morgan fingerprint density at radius 3 is 2.81 bits per heavy atom. The zero-order valence-electron chi connectivity index (χ0n) is 13.6. The van der Waals surface area contributed by atoms with E-state index >= 15 is 0 Å². The number of rotatable bonds is 5. The third kappa shape index (κ3) is 3.23. The maximum Gasteiger partial charge on any atom is 0.250 e. The molecule has 0 bridgehead atoms. The third-order valence-electron chi connectivity index (χ3n) is 4.00. The van der Waals surface area contributed by atoms with Crippen molar-refractivity contribution in [3.05, 3.63) is 76.7 Å². The van der Waals surface area contributed by atoms with E-state index in [-0.39, 0.29) is 5.56 Å². The fourth-order valence-electron chi connectivity index (χ4n) is 2.96. The maximum atomic E-state index is 14.0. The van der Waals surface area contributed by atoms with Gasteiger partial charge in [-0.2, -0.15) is 5.26 Å². The summed E-state index contributed by atoms with van der Waals surface area (Å²) >= 11 is 0. The minimum absolute atomic E-state index is 0.191. The molecule has 26 heavy (non-hydrogen) atoms. The highest BCUT2D eigenvalue weighted by molar-refractivity contribution is 6.08. The molecule has 3 rings (SSSR count). The zero-order chi connectivity index (χ0) is 18.7. The van der Waals surface area contributed by atoms with Gasteiger partial charge < -0.3 is 10.3 Å². The average molecular weight is 347 g/mol. The van der Waals surface area contributed by atoms with Gasteiger partial charge in [0.05, 0.1) is 22.7 Å². The van der Waals surface area contributed by atoms with Gasteiger partial charge in [0.15, 0.2) is 0 Å². The molecule has 2 aromatic carbocycles. The van der Waals surface area contributed by atoms with Crippen molar-refractivity contribution in [1.82, 2.24) is 4.57 Å². The topological polar surface area (TPSA) is 88.9 Å². The second kappa shape index (κ2) is 7.03. The molecule has 5 nitrogen and oxygen atoms in total. The molecule has 0 saturated heterocycles. The molecule has 0 fully saturated rings. The van der Waals surface area contributed by atoms with E-state index in [0.29, 0.717) is 34.9 Å². The summed E-state index contributed by atoms with van der Waals surface area (Å²) in [4.78, 5) is 22.5. The van der Waals surface area contributed by atoms with Crippen LogP contribution in [0.1, 0.15) is 27.0 Å². The van der Waals surface area contributed by atoms with Crippen LogP contribution in [0.15, 0.2) is 48.7 Å². The second-order valence-electron chi connectivity index (χ2n) is 5.73. The van der Waals surface area contributed by atoms with E-state index in [1.54, 1.807) is 29.0 Å². The van der Waals surface area contributed by atoms with Crippen molar-refractivity contribution >= 4 is 29.2 Å². The summed E-state index contributed by atoms with van der Waals surface area (Å²) in [6.45, 7) is 0.354. The van der Waals surface area contributed by atoms with Crippen LogP contribution in [0.3, 0.4) is 0 Å². The predicted molar refractivity (Wildman–Crippen MR) is 95.8 cm³/mol. The minimum Gasteiger partial charge on any atom is -0.366 e. The number of benzene rings is 2. The van der Waals surface area contributed by atoms with Gasteiger partial charge in [0.1, 0.15) is 12.1 Å². The summed E-state index contributed by atoms with van der Waals surface area (Å²) in [7, 11) is 0. The van der Waals surface area contributed by atoms with Gasteiger partial charge in [0.2, 0.25) is 0 Å². The highest BCUT2D eigenvalue weighted by Gasteiger charge is 2.16. The van der Waals surface area contributed by atoms with Gasteiger partial charge in [-0.15, -0.1) is 0 Å². The van der Waals surface area contributed by atoms with Crippen molar-refractivity contribution in [2.24, 2.45) is 5.73 Å². The molecule has 0 aliphatic rings. The van der Waals surface area contributed by atoms with E-state index in [1.165, 1.54) is 24.3 Å². The number of allylic oxidation sites excluding steroid dienone is 1. The number of hydrogen-bond acceptors (Lipinski definition) is 3. The Morgan fingerprint density at radius 2 is 2.12 bits per heavy atom. The van der Waals surface area contributed by atoms with Crippen molar-refractivity contribution in [3.8, 4) is 6.07 Å². The summed E-state index contributed by atoms with van der Waals surface area (Å²) in [6.07, 6.45) is 4.89. The molecule has 0 saturated carbocycles. The molecule has 1 aromatic heterocycles.